The number of amides is 1. The summed E-state index contributed by atoms with van der Waals surface area (Å²) in [4.78, 5) is 33.1. The lowest BCUT2D eigenvalue weighted by Crippen LogP contribution is -2.31. The van der Waals surface area contributed by atoms with Gasteiger partial charge in [0.2, 0.25) is 5.91 Å². The number of nitrogens with two attached hydrogens (primary N) is 1. The first-order valence-electron chi connectivity index (χ1n) is 6.26. The maximum Gasteiger partial charge on any atom is 0.347 e. The lowest BCUT2D eigenvalue weighted by atomic mass is 10.1. The minimum Gasteiger partial charge on any atom is -0.471 e. The maximum absolute atomic E-state index is 11.7. The summed E-state index contributed by atoms with van der Waals surface area (Å²) < 4.78 is 10.1. The van der Waals surface area contributed by atoms with Crippen molar-refractivity contribution in [2.75, 3.05) is 7.11 Å². The van der Waals surface area contributed by atoms with Crippen molar-refractivity contribution in [2.45, 2.75) is 18.9 Å². The van der Waals surface area contributed by atoms with Crippen LogP contribution in [0.2, 0.25) is 0 Å². The second kappa shape index (κ2) is 5.78. The third-order valence-corrected chi connectivity index (χ3v) is 3.18. The first-order valence-corrected chi connectivity index (χ1v) is 6.26. The molecule has 112 valence electrons. The van der Waals surface area contributed by atoms with Crippen molar-refractivity contribution in [3.05, 3.63) is 33.9 Å². The lowest BCUT2D eigenvalue weighted by Gasteiger charge is -2.16. The Hall–Kier alpha value is -2.64. The molecular formula is C13H14N2O6. The zero-order valence-electron chi connectivity index (χ0n) is 11.3. The van der Waals surface area contributed by atoms with Gasteiger partial charge in [-0.3, -0.25) is 14.9 Å². The fourth-order valence-corrected chi connectivity index (χ4v) is 1.90. The third kappa shape index (κ3) is 3.28. The Labute approximate surface area is 120 Å². The molecule has 1 aliphatic rings. The molecule has 1 fully saturated rings. The summed E-state index contributed by atoms with van der Waals surface area (Å²) in [6, 6.07) is 3.60. The molecular weight excluding hydrogens is 280 g/mol. The van der Waals surface area contributed by atoms with E-state index < -0.39 is 28.6 Å². The molecule has 1 aromatic carbocycles. The van der Waals surface area contributed by atoms with Crippen molar-refractivity contribution in [1.29, 1.82) is 0 Å². The summed E-state index contributed by atoms with van der Waals surface area (Å²) in [5, 5.41) is 11.1. The highest BCUT2D eigenvalue weighted by Gasteiger charge is 2.40. The number of methoxy groups -OCH3 is 1. The van der Waals surface area contributed by atoms with Gasteiger partial charge in [0.15, 0.2) is 11.9 Å². The molecule has 0 aliphatic heterocycles. The Morgan fingerprint density at radius 1 is 1.43 bits per heavy atom. The quantitative estimate of drug-likeness (QED) is 0.475. The van der Waals surface area contributed by atoms with Gasteiger partial charge in [-0.05, 0) is 25.0 Å². The molecule has 0 bridgehead atoms. The molecule has 1 amide bonds. The van der Waals surface area contributed by atoms with Crippen molar-refractivity contribution in [1.82, 2.24) is 0 Å². The van der Waals surface area contributed by atoms with Crippen LogP contribution in [-0.2, 0) is 9.53 Å². The number of carbonyl (C=O) groups is 2. The summed E-state index contributed by atoms with van der Waals surface area (Å²) in [5.74, 6) is -1.46. The van der Waals surface area contributed by atoms with Crippen LogP contribution >= 0.6 is 0 Å². The van der Waals surface area contributed by atoms with Crippen LogP contribution in [0.3, 0.4) is 0 Å². The number of nitrogens with zero attached hydrogens (tertiary/aromatic N) is 1. The molecule has 0 radical (unpaired) electrons. The molecule has 0 aromatic heterocycles. The number of benzene rings is 1. The lowest BCUT2D eigenvalue weighted by molar-refractivity contribution is -0.386. The van der Waals surface area contributed by atoms with Crippen molar-refractivity contribution < 1.29 is 24.0 Å². The third-order valence-electron chi connectivity index (χ3n) is 3.18. The van der Waals surface area contributed by atoms with Crippen LogP contribution in [0.15, 0.2) is 18.2 Å². The average molecular weight is 294 g/mol. The molecule has 1 atom stereocenters. The number of hydrogen-bond acceptors (Lipinski definition) is 6. The van der Waals surface area contributed by atoms with E-state index in [1.807, 2.05) is 0 Å². The topological polar surface area (TPSA) is 122 Å². The highest BCUT2D eigenvalue weighted by molar-refractivity contribution is 5.93. The van der Waals surface area contributed by atoms with Gasteiger partial charge in [-0.25, -0.2) is 4.79 Å². The van der Waals surface area contributed by atoms with Crippen LogP contribution in [0.5, 0.6) is 5.75 Å². The van der Waals surface area contributed by atoms with Gasteiger partial charge < -0.3 is 15.2 Å². The maximum atomic E-state index is 11.7. The van der Waals surface area contributed by atoms with Crippen LogP contribution < -0.4 is 10.5 Å². The normalized spacial score (nSPS) is 15.1. The van der Waals surface area contributed by atoms with Gasteiger partial charge in [0.1, 0.15) is 0 Å². The SMILES string of the molecule is COC(=O)C(Oc1ccc(C(N)=O)cc1[N+](=O)[O-])C1CC1. The Bertz CT molecular complexity index is 596. The van der Waals surface area contributed by atoms with E-state index in [4.69, 9.17) is 10.5 Å². The molecule has 1 unspecified atom stereocenters. The number of ether oxygens (including phenoxy) is 2. The van der Waals surface area contributed by atoms with E-state index in [1.165, 1.54) is 19.2 Å². The molecule has 2 rings (SSSR count). The molecule has 2 N–H and O–H groups in total. The second-order valence-electron chi connectivity index (χ2n) is 4.70. The van der Waals surface area contributed by atoms with E-state index in [1.54, 1.807) is 0 Å². The van der Waals surface area contributed by atoms with Crippen molar-refractivity contribution >= 4 is 17.6 Å². The van der Waals surface area contributed by atoms with Crippen LogP contribution in [0.4, 0.5) is 5.69 Å². The van der Waals surface area contributed by atoms with Gasteiger partial charge in [0.05, 0.1) is 12.0 Å². The van der Waals surface area contributed by atoms with Gasteiger partial charge in [0, 0.05) is 17.5 Å². The molecule has 8 heteroatoms. The van der Waals surface area contributed by atoms with E-state index in [0.29, 0.717) is 0 Å². The number of hydrogen-bond donors (Lipinski definition) is 1. The minimum absolute atomic E-state index is 0.00455. The summed E-state index contributed by atoms with van der Waals surface area (Å²) in [7, 11) is 1.23. The van der Waals surface area contributed by atoms with Gasteiger partial charge >= 0.3 is 11.7 Å². The van der Waals surface area contributed by atoms with E-state index in [2.05, 4.69) is 4.74 Å². The smallest absolute Gasteiger partial charge is 0.347 e. The fourth-order valence-electron chi connectivity index (χ4n) is 1.90. The number of primary amides is 1. The standard InChI is InChI=1S/C13H14N2O6/c1-20-13(17)11(7-2-3-7)21-10-5-4-8(12(14)16)6-9(10)15(18)19/h4-7,11H,2-3H2,1H3,(H2,14,16). The molecule has 8 nitrogen and oxygen atoms in total. The number of rotatable bonds is 6. The van der Waals surface area contributed by atoms with Crippen molar-refractivity contribution in [3.8, 4) is 5.75 Å². The van der Waals surface area contributed by atoms with Crippen LogP contribution in [-0.4, -0.2) is 30.0 Å². The second-order valence-corrected chi connectivity index (χ2v) is 4.70. The zero-order chi connectivity index (χ0) is 15.6. The first-order chi connectivity index (χ1) is 9.93. The summed E-state index contributed by atoms with van der Waals surface area (Å²) >= 11 is 0. The molecule has 1 aromatic rings. The zero-order valence-corrected chi connectivity index (χ0v) is 11.3. The highest BCUT2D eigenvalue weighted by atomic mass is 16.6. The average Bonchev–Trinajstić information content (AvgIpc) is 3.28. The van der Waals surface area contributed by atoms with E-state index >= 15 is 0 Å². The Morgan fingerprint density at radius 3 is 2.57 bits per heavy atom. The van der Waals surface area contributed by atoms with Crippen LogP contribution in [0, 0.1) is 16.0 Å². The Balaban J connectivity index is 2.31. The number of esters is 1. The predicted octanol–water partition coefficient (Wildman–Crippen LogP) is 1.02. The predicted molar refractivity (Wildman–Crippen MR) is 70.8 cm³/mol. The van der Waals surface area contributed by atoms with Crippen LogP contribution in [0.25, 0.3) is 0 Å². The molecule has 0 saturated heterocycles. The number of carbonyl (C=O) groups excluding carboxylic acids is 2. The number of nitro benzene ring substituents is 1. The Morgan fingerprint density at radius 2 is 2.10 bits per heavy atom. The van der Waals surface area contributed by atoms with E-state index in [0.717, 1.165) is 18.9 Å². The van der Waals surface area contributed by atoms with Gasteiger partial charge in [-0.15, -0.1) is 0 Å². The largest absolute Gasteiger partial charge is 0.471 e. The summed E-state index contributed by atoms with van der Waals surface area (Å²) in [6.45, 7) is 0. The molecule has 1 saturated carbocycles. The molecule has 0 heterocycles. The molecule has 21 heavy (non-hydrogen) atoms. The highest BCUT2D eigenvalue weighted by Crippen LogP contribution is 2.37. The summed E-state index contributed by atoms with van der Waals surface area (Å²) in [5.41, 5.74) is 4.67. The van der Waals surface area contributed by atoms with Gasteiger partial charge in [-0.1, -0.05) is 0 Å². The monoisotopic (exact) mass is 294 g/mol. The van der Waals surface area contributed by atoms with E-state index in [-0.39, 0.29) is 17.2 Å². The molecule has 0 spiro atoms. The number of nitro groups is 1. The van der Waals surface area contributed by atoms with Crippen molar-refractivity contribution in [2.24, 2.45) is 11.7 Å². The fraction of sp³-hybridized carbons (Fsp3) is 0.385. The first kappa shape index (κ1) is 14.8. The van der Waals surface area contributed by atoms with Gasteiger partial charge in [0.25, 0.3) is 0 Å². The minimum atomic E-state index is -0.881. The Kier molecular flexibility index (Phi) is 4.06. The molecule has 1 aliphatic carbocycles. The van der Waals surface area contributed by atoms with E-state index in [9.17, 15) is 19.7 Å². The van der Waals surface area contributed by atoms with Gasteiger partial charge in [-0.2, -0.15) is 0 Å². The summed E-state index contributed by atoms with van der Waals surface area (Å²) in [6.07, 6.45) is 0.716. The van der Waals surface area contributed by atoms with Crippen molar-refractivity contribution in [3.63, 3.8) is 0 Å². The van der Waals surface area contributed by atoms with Crippen LogP contribution in [0.1, 0.15) is 23.2 Å².